The van der Waals surface area contributed by atoms with Gasteiger partial charge in [0.25, 0.3) is 5.91 Å². The minimum absolute atomic E-state index is 0. The third-order valence-corrected chi connectivity index (χ3v) is 5.72. The largest absolute Gasteiger partial charge is 0.459 e. The maximum atomic E-state index is 12.5. The van der Waals surface area contributed by atoms with Gasteiger partial charge in [0, 0.05) is 52.0 Å². The van der Waals surface area contributed by atoms with Crippen LogP contribution in [0.25, 0.3) is 0 Å². The molecule has 2 fully saturated rings. The van der Waals surface area contributed by atoms with Crippen LogP contribution in [0, 0.1) is 0 Å². The number of nitrogens with one attached hydrogen (secondary N) is 1. The van der Waals surface area contributed by atoms with Gasteiger partial charge >= 0.3 is 0 Å². The van der Waals surface area contributed by atoms with Gasteiger partial charge in [-0.1, -0.05) is 0 Å². The van der Waals surface area contributed by atoms with Crippen LogP contribution >= 0.6 is 24.0 Å². The second-order valence-corrected chi connectivity index (χ2v) is 8.08. The number of carbonyl (C=O) groups is 1. The van der Waals surface area contributed by atoms with Crippen molar-refractivity contribution in [2.24, 2.45) is 4.99 Å². The van der Waals surface area contributed by atoms with E-state index in [9.17, 15) is 4.79 Å². The molecule has 2 aromatic rings. The minimum atomic E-state index is -0.0571. The highest BCUT2D eigenvalue weighted by molar-refractivity contribution is 14.0. The van der Waals surface area contributed by atoms with Crippen molar-refractivity contribution in [2.75, 3.05) is 57.3 Å². The van der Waals surface area contributed by atoms with E-state index in [2.05, 4.69) is 40.0 Å². The Balaban J connectivity index is 0.00000306. The Morgan fingerprint density at radius 1 is 1.21 bits per heavy atom. The molecule has 2 aromatic heterocycles. The number of hydrogen-bond acceptors (Lipinski definition) is 6. The van der Waals surface area contributed by atoms with Crippen molar-refractivity contribution in [1.29, 1.82) is 0 Å². The fourth-order valence-corrected chi connectivity index (χ4v) is 4.03. The van der Waals surface area contributed by atoms with E-state index in [-0.39, 0.29) is 36.0 Å². The highest BCUT2D eigenvalue weighted by Crippen LogP contribution is 2.17. The van der Waals surface area contributed by atoms with Crippen LogP contribution in [-0.4, -0.2) is 85.2 Å². The molecule has 1 atom stereocenters. The van der Waals surface area contributed by atoms with Gasteiger partial charge in [-0.25, -0.2) is 9.98 Å². The first-order chi connectivity index (χ1) is 15.6. The molecule has 9 nitrogen and oxygen atoms in total. The number of rotatable bonds is 5. The van der Waals surface area contributed by atoms with E-state index in [1.807, 2.05) is 17.2 Å². The minimum Gasteiger partial charge on any atom is -0.459 e. The second kappa shape index (κ2) is 12.2. The number of morpholine rings is 1. The summed E-state index contributed by atoms with van der Waals surface area (Å²) in [6.45, 7) is 10.7. The molecule has 1 unspecified atom stereocenters. The molecular weight excluding hydrogens is 535 g/mol. The van der Waals surface area contributed by atoms with Crippen molar-refractivity contribution >= 4 is 41.7 Å². The van der Waals surface area contributed by atoms with Crippen molar-refractivity contribution in [3.63, 3.8) is 0 Å². The van der Waals surface area contributed by atoms with Crippen molar-refractivity contribution in [3.8, 4) is 0 Å². The number of nitrogens with zero attached hydrogens (tertiary/aromatic N) is 5. The molecule has 4 rings (SSSR count). The fourth-order valence-electron chi connectivity index (χ4n) is 4.03. The van der Waals surface area contributed by atoms with Crippen LogP contribution in [0.5, 0.6) is 0 Å². The summed E-state index contributed by atoms with van der Waals surface area (Å²) in [6.07, 6.45) is 3.60. The lowest BCUT2D eigenvalue weighted by molar-refractivity contribution is 0.0529. The smallest absolute Gasteiger partial charge is 0.289 e. The summed E-state index contributed by atoms with van der Waals surface area (Å²) >= 11 is 0. The Hall–Kier alpha value is -2.34. The summed E-state index contributed by atoms with van der Waals surface area (Å²) in [7, 11) is 0. The van der Waals surface area contributed by atoms with Gasteiger partial charge in [0.2, 0.25) is 0 Å². The predicted molar refractivity (Wildman–Crippen MR) is 138 cm³/mol. The molecule has 10 heteroatoms. The van der Waals surface area contributed by atoms with Crippen LogP contribution in [-0.2, 0) is 11.3 Å². The van der Waals surface area contributed by atoms with Crippen molar-refractivity contribution < 1.29 is 13.9 Å². The molecule has 0 aliphatic carbocycles. The average Bonchev–Trinajstić information content (AvgIpc) is 3.37. The topological polar surface area (TPSA) is 86.4 Å². The number of anilines is 1. The number of ether oxygens (including phenoxy) is 1. The molecule has 0 radical (unpaired) electrons. The standard InChI is InChI=1S/C23H32N6O3.HI/c1-3-24-23(28-10-8-27(9-11-28)22(30)20-5-4-13-32-20)26-16-19-6-7-25-21(15-19)29-12-14-31-18(2)17-29;/h4-7,13,15,18H,3,8-12,14,16-17H2,1-2H3,(H,24,26);1H. The number of guanidine groups is 1. The summed E-state index contributed by atoms with van der Waals surface area (Å²) < 4.78 is 10.9. The summed E-state index contributed by atoms with van der Waals surface area (Å²) in [6, 6.07) is 7.58. The van der Waals surface area contributed by atoms with Gasteiger partial charge in [0.1, 0.15) is 5.82 Å². The monoisotopic (exact) mass is 568 g/mol. The van der Waals surface area contributed by atoms with E-state index < -0.39 is 0 Å². The van der Waals surface area contributed by atoms with E-state index in [1.165, 1.54) is 6.26 Å². The van der Waals surface area contributed by atoms with Crippen LogP contribution in [0.1, 0.15) is 30.0 Å². The molecular formula is C23H33IN6O3. The molecule has 0 aromatic carbocycles. The van der Waals surface area contributed by atoms with E-state index in [0.29, 0.717) is 25.4 Å². The number of pyridine rings is 1. The molecule has 1 N–H and O–H groups in total. The van der Waals surface area contributed by atoms with Gasteiger partial charge < -0.3 is 29.2 Å². The summed E-state index contributed by atoms with van der Waals surface area (Å²) in [5.74, 6) is 2.18. The molecule has 2 aliphatic heterocycles. The fraction of sp³-hybridized carbons (Fsp3) is 0.522. The van der Waals surface area contributed by atoms with Crippen LogP contribution in [0.3, 0.4) is 0 Å². The first kappa shape index (κ1) is 25.3. The van der Waals surface area contributed by atoms with Crippen LogP contribution < -0.4 is 10.2 Å². The highest BCUT2D eigenvalue weighted by Gasteiger charge is 2.25. The van der Waals surface area contributed by atoms with Crippen molar-refractivity contribution in [2.45, 2.75) is 26.5 Å². The van der Waals surface area contributed by atoms with E-state index in [4.69, 9.17) is 14.1 Å². The maximum absolute atomic E-state index is 12.5. The van der Waals surface area contributed by atoms with E-state index in [0.717, 1.165) is 56.7 Å². The number of furan rings is 1. The van der Waals surface area contributed by atoms with Gasteiger partial charge in [-0.15, -0.1) is 24.0 Å². The summed E-state index contributed by atoms with van der Waals surface area (Å²) in [5, 5.41) is 3.39. The van der Waals surface area contributed by atoms with E-state index >= 15 is 0 Å². The Bertz CT molecular complexity index is 915. The molecule has 2 saturated heterocycles. The van der Waals surface area contributed by atoms with Crippen molar-refractivity contribution in [1.82, 2.24) is 20.1 Å². The molecule has 33 heavy (non-hydrogen) atoms. The number of hydrogen-bond donors (Lipinski definition) is 1. The normalized spacial score (nSPS) is 19.3. The third-order valence-electron chi connectivity index (χ3n) is 5.72. The quantitative estimate of drug-likeness (QED) is 0.337. The first-order valence-corrected chi connectivity index (χ1v) is 11.3. The number of aromatic nitrogens is 1. The highest BCUT2D eigenvalue weighted by atomic mass is 127. The Kier molecular flexibility index (Phi) is 9.36. The third kappa shape index (κ3) is 6.59. The molecule has 0 saturated carbocycles. The molecule has 0 spiro atoms. The molecule has 1 amide bonds. The molecule has 4 heterocycles. The number of aliphatic imine (C=N–C) groups is 1. The zero-order chi connectivity index (χ0) is 22.3. The van der Waals surface area contributed by atoms with Gasteiger partial charge in [-0.05, 0) is 43.7 Å². The van der Waals surface area contributed by atoms with Crippen molar-refractivity contribution in [3.05, 3.63) is 48.0 Å². The first-order valence-electron chi connectivity index (χ1n) is 11.3. The lowest BCUT2D eigenvalue weighted by Gasteiger charge is -2.36. The van der Waals surface area contributed by atoms with E-state index in [1.54, 1.807) is 12.1 Å². The Morgan fingerprint density at radius 3 is 2.70 bits per heavy atom. The van der Waals surface area contributed by atoms with Gasteiger partial charge in [-0.2, -0.15) is 0 Å². The van der Waals surface area contributed by atoms with Gasteiger partial charge in [0.15, 0.2) is 11.7 Å². The number of halogens is 1. The maximum Gasteiger partial charge on any atom is 0.289 e. The Labute approximate surface area is 212 Å². The average molecular weight is 568 g/mol. The zero-order valence-electron chi connectivity index (χ0n) is 19.3. The van der Waals surface area contributed by atoms with Gasteiger partial charge in [0.05, 0.1) is 25.5 Å². The number of carbonyl (C=O) groups excluding carboxylic acids is 1. The Morgan fingerprint density at radius 2 is 2.00 bits per heavy atom. The molecule has 2 aliphatic rings. The second-order valence-electron chi connectivity index (χ2n) is 8.08. The number of piperazine rings is 1. The van der Waals surface area contributed by atoms with Crippen LogP contribution in [0.2, 0.25) is 0 Å². The SMILES string of the molecule is CCNC(=NCc1ccnc(N2CCOC(C)C2)c1)N1CCN(C(=O)c2ccco2)CC1.I. The summed E-state index contributed by atoms with van der Waals surface area (Å²) in [4.78, 5) is 28.2. The predicted octanol–water partition coefficient (Wildman–Crippen LogP) is 2.44. The lowest BCUT2D eigenvalue weighted by atomic mass is 10.2. The lowest BCUT2D eigenvalue weighted by Crippen LogP contribution is -2.53. The van der Waals surface area contributed by atoms with Crippen LogP contribution in [0.15, 0.2) is 46.1 Å². The zero-order valence-corrected chi connectivity index (χ0v) is 21.6. The summed E-state index contributed by atoms with van der Waals surface area (Å²) in [5.41, 5.74) is 1.12. The van der Waals surface area contributed by atoms with Crippen LogP contribution in [0.4, 0.5) is 5.82 Å². The molecule has 0 bridgehead atoms. The molecule has 180 valence electrons. The van der Waals surface area contributed by atoms with Gasteiger partial charge in [-0.3, -0.25) is 4.79 Å². The number of amides is 1.